The molecule has 0 aromatic heterocycles. The fourth-order valence-electron chi connectivity index (χ4n) is 5.00. The first-order valence-electron chi connectivity index (χ1n) is 13.7. The summed E-state index contributed by atoms with van der Waals surface area (Å²) in [5, 5.41) is 15.4. The van der Waals surface area contributed by atoms with Crippen LogP contribution in [0.15, 0.2) is 66.7 Å². The summed E-state index contributed by atoms with van der Waals surface area (Å²) in [7, 11) is 0. The van der Waals surface area contributed by atoms with Crippen molar-refractivity contribution in [1.29, 1.82) is 0 Å². The third-order valence-corrected chi connectivity index (χ3v) is 7.64. The van der Waals surface area contributed by atoms with Gasteiger partial charge in [0, 0.05) is 48.2 Å². The van der Waals surface area contributed by atoms with E-state index in [1.807, 2.05) is 4.90 Å². The molecule has 1 unspecified atom stereocenters. The Morgan fingerprint density at radius 2 is 1.60 bits per heavy atom. The molecule has 9 nitrogen and oxygen atoms in total. The van der Waals surface area contributed by atoms with Gasteiger partial charge in [-0.25, -0.2) is 4.39 Å². The van der Waals surface area contributed by atoms with Crippen LogP contribution in [0.3, 0.4) is 0 Å². The summed E-state index contributed by atoms with van der Waals surface area (Å²) in [6, 6.07) is 15.7. The lowest BCUT2D eigenvalue weighted by molar-refractivity contribution is -0.137. The van der Waals surface area contributed by atoms with Crippen molar-refractivity contribution in [2.75, 3.05) is 36.4 Å². The molecule has 2 aliphatic rings. The third-order valence-electron chi connectivity index (χ3n) is 7.41. The van der Waals surface area contributed by atoms with Gasteiger partial charge in [-0.2, -0.15) is 0 Å². The lowest BCUT2D eigenvalue weighted by Gasteiger charge is -2.37. The molecule has 1 saturated carbocycles. The predicted octanol–water partition coefficient (Wildman–Crippen LogP) is 4.74. The van der Waals surface area contributed by atoms with E-state index in [9.17, 15) is 28.7 Å². The maximum absolute atomic E-state index is 13.5. The molecule has 0 bridgehead atoms. The van der Waals surface area contributed by atoms with Crippen LogP contribution in [0, 0.1) is 11.7 Å². The van der Waals surface area contributed by atoms with Crippen LogP contribution < -0.4 is 15.5 Å². The van der Waals surface area contributed by atoms with Crippen LogP contribution in [0.2, 0.25) is 5.02 Å². The minimum absolute atomic E-state index is 0.141. The highest BCUT2D eigenvalue weighted by Gasteiger charge is 2.35. The van der Waals surface area contributed by atoms with E-state index in [1.54, 1.807) is 30.3 Å². The highest BCUT2D eigenvalue weighted by molar-refractivity contribution is 6.31. The van der Waals surface area contributed by atoms with Crippen molar-refractivity contribution in [2.45, 2.75) is 25.3 Å². The number of carboxylic acids is 1. The number of aliphatic carboxylic acids is 1. The van der Waals surface area contributed by atoms with E-state index >= 15 is 0 Å². The molecule has 3 aromatic rings. The number of rotatable bonds is 9. The smallest absolute Gasteiger partial charge is 0.305 e. The molecule has 1 aliphatic heterocycles. The van der Waals surface area contributed by atoms with Crippen LogP contribution >= 0.6 is 11.6 Å². The van der Waals surface area contributed by atoms with E-state index in [0.29, 0.717) is 53.7 Å². The van der Waals surface area contributed by atoms with E-state index < -0.39 is 36.1 Å². The number of anilines is 2. The second-order valence-electron chi connectivity index (χ2n) is 10.5. The van der Waals surface area contributed by atoms with Crippen molar-refractivity contribution >= 4 is 46.7 Å². The van der Waals surface area contributed by atoms with Gasteiger partial charge < -0.3 is 25.5 Å². The molecule has 3 aromatic carbocycles. The largest absolute Gasteiger partial charge is 0.481 e. The van der Waals surface area contributed by atoms with Gasteiger partial charge in [0.1, 0.15) is 5.82 Å². The lowest BCUT2D eigenvalue weighted by Crippen LogP contribution is -2.49. The molecule has 0 spiro atoms. The molecule has 1 aliphatic carbocycles. The number of halogens is 2. The summed E-state index contributed by atoms with van der Waals surface area (Å²) in [6.45, 7) is 2.20. The van der Waals surface area contributed by atoms with Gasteiger partial charge in [-0.05, 0) is 66.9 Å². The molecule has 1 saturated heterocycles. The first-order chi connectivity index (χ1) is 20.2. The van der Waals surface area contributed by atoms with Crippen LogP contribution in [0.5, 0.6) is 0 Å². The SMILES string of the molecule is O=C(O)CC(NC(=O)c1ccc(N2CCN(C(=O)C3CC3)CC2)c(NC(=O)c2cccc(Cl)c2)c1)c1ccc(F)cc1. The Morgan fingerprint density at radius 3 is 2.24 bits per heavy atom. The fraction of sp³-hybridized carbons (Fsp3) is 0.290. The number of piperazine rings is 1. The van der Waals surface area contributed by atoms with Gasteiger partial charge in [0.25, 0.3) is 11.8 Å². The number of carboxylic acid groups (broad SMARTS) is 1. The van der Waals surface area contributed by atoms with E-state index in [0.717, 1.165) is 12.8 Å². The standard InChI is InChI=1S/C31H30ClFN4O5/c32-23-3-1-2-21(16-23)29(40)35-26-17-22(30(41)34-25(18-28(38)39)19-6-9-24(33)10-7-19)8-11-27(26)36-12-14-37(15-13-36)31(42)20-4-5-20/h1-3,6-11,16-17,20,25H,4-5,12-15,18H2,(H,34,41)(H,35,40)(H,38,39). The number of carbonyl (C=O) groups is 4. The molecular formula is C31H30ClFN4O5. The van der Waals surface area contributed by atoms with E-state index in [4.69, 9.17) is 11.6 Å². The molecule has 3 amide bonds. The van der Waals surface area contributed by atoms with Crippen molar-refractivity contribution in [3.8, 4) is 0 Å². The fourth-order valence-corrected chi connectivity index (χ4v) is 5.19. The van der Waals surface area contributed by atoms with Crippen LogP contribution in [-0.2, 0) is 9.59 Å². The maximum atomic E-state index is 13.5. The Morgan fingerprint density at radius 1 is 0.905 bits per heavy atom. The van der Waals surface area contributed by atoms with Crippen molar-refractivity contribution in [3.05, 3.63) is 94.3 Å². The van der Waals surface area contributed by atoms with Crippen molar-refractivity contribution < 1.29 is 28.7 Å². The Hall–Kier alpha value is -4.44. The molecule has 0 radical (unpaired) electrons. The lowest BCUT2D eigenvalue weighted by atomic mass is 10.0. The van der Waals surface area contributed by atoms with E-state index in [1.165, 1.54) is 36.4 Å². The number of nitrogens with zero attached hydrogens (tertiary/aromatic N) is 2. The predicted molar refractivity (Wildman–Crippen MR) is 156 cm³/mol. The number of amides is 3. The van der Waals surface area contributed by atoms with E-state index in [2.05, 4.69) is 15.5 Å². The second kappa shape index (κ2) is 12.6. The zero-order chi connectivity index (χ0) is 29.8. The number of benzene rings is 3. The zero-order valence-electron chi connectivity index (χ0n) is 22.7. The Bertz CT molecular complexity index is 1500. The van der Waals surface area contributed by atoms with Gasteiger partial charge >= 0.3 is 5.97 Å². The maximum Gasteiger partial charge on any atom is 0.305 e. The molecular weight excluding hydrogens is 563 g/mol. The average molecular weight is 593 g/mol. The van der Waals surface area contributed by atoms with Crippen LogP contribution in [0.25, 0.3) is 0 Å². The van der Waals surface area contributed by atoms with E-state index in [-0.39, 0.29) is 17.4 Å². The van der Waals surface area contributed by atoms with Crippen molar-refractivity contribution in [2.24, 2.45) is 5.92 Å². The van der Waals surface area contributed by atoms with Gasteiger partial charge in [0.15, 0.2) is 0 Å². The van der Waals surface area contributed by atoms with Crippen LogP contribution in [0.1, 0.15) is 51.6 Å². The van der Waals surface area contributed by atoms with Gasteiger partial charge in [-0.1, -0.05) is 29.8 Å². The Labute approximate surface area is 247 Å². The second-order valence-corrected chi connectivity index (χ2v) is 10.9. The third kappa shape index (κ3) is 7.06. The Balaban J connectivity index is 1.40. The minimum atomic E-state index is -1.13. The molecule has 1 atom stereocenters. The highest BCUT2D eigenvalue weighted by Crippen LogP contribution is 2.33. The summed E-state index contributed by atoms with van der Waals surface area (Å²) in [6.07, 6.45) is 1.48. The first-order valence-corrected chi connectivity index (χ1v) is 14.1. The first kappa shape index (κ1) is 29.1. The highest BCUT2D eigenvalue weighted by atomic mass is 35.5. The summed E-state index contributed by atoms with van der Waals surface area (Å²) in [5.74, 6) is -2.26. The summed E-state index contributed by atoms with van der Waals surface area (Å²) >= 11 is 6.09. The quantitative estimate of drug-likeness (QED) is 0.330. The van der Waals surface area contributed by atoms with Crippen LogP contribution in [-0.4, -0.2) is 59.9 Å². The topological polar surface area (TPSA) is 119 Å². The normalized spacial score (nSPS) is 15.6. The summed E-state index contributed by atoms with van der Waals surface area (Å²) in [5.41, 5.74) is 2.03. The van der Waals surface area contributed by atoms with Gasteiger partial charge in [0.05, 0.1) is 23.8 Å². The molecule has 11 heteroatoms. The van der Waals surface area contributed by atoms with Gasteiger partial charge in [-0.15, -0.1) is 0 Å². The van der Waals surface area contributed by atoms with Crippen molar-refractivity contribution in [3.63, 3.8) is 0 Å². The minimum Gasteiger partial charge on any atom is -0.481 e. The number of hydrogen-bond donors (Lipinski definition) is 3. The zero-order valence-corrected chi connectivity index (χ0v) is 23.4. The summed E-state index contributed by atoms with van der Waals surface area (Å²) in [4.78, 5) is 54.5. The molecule has 3 N–H and O–H groups in total. The number of hydrogen-bond acceptors (Lipinski definition) is 5. The monoisotopic (exact) mass is 592 g/mol. The number of nitrogens with one attached hydrogen (secondary N) is 2. The molecule has 1 heterocycles. The van der Waals surface area contributed by atoms with Gasteiger partial charge in [-0.3, -0.25) is 19.2 Å². The summed E-state index contributed by atoms with van der Waals surface area (Å²) < 4.78 is 13.5. The molecule has 218 valence electrons. The molecule has 2 fully saturated rings. The van der Waals surface area contributed by atoms with Crippen molar-refractivity contribution in [1.82, 2.24) is 10.2 Å². The number of carbonyl (C=O) groups excluding carboxylic acids is 3. The average Bonchev–Trinajstić information content (AvgIpc) is 3.82. The van der Waals surface area contributed by atoms with Gasteiger partial charge in [0.2, 0.25) is 5.91 Å². The van der Waals surface area contributed by atoms with Crippen LogP contribution in [0.4, 0.5) is 15.8 Å². The molecule has 42 heavy (non-hydrogen) atoms. The molecule has 5 rings (SSSR count). The Kier molecular flexibility index (Phi) is 8.72.